The lowest BCUT2D eigenvalue weighted by molar-refractivity contribution is -0.109. The van der Waals surface area contributed by atoms with Crippen molar-refractivity contribution in [3.05, 3.63) is 71.8 Å². The summed E-state index contributed by atoms with van der Waals surface area (Å²) in [6.07, 6.45) is 11.6. The van der Waals surface area contributed by atoms with Crippen molar-refractivity contribution in [2.75, 3.05) is 13.7 Å². The zero-order valence-corrected chi connectivity index (χ0v) is 18.7. The summed E-state index contributed by atoms with van der Waals surface area (Å²) >= 11 is 0. The Labute approximate surface area is 185 Å². The number of aryl methyl sites for hydroxylation is 2. The fourth-order valence-electron chi connectivity index (χ4n) is 4.26. The number of hydrogen-bond acceptors (Lipinski definition) is 3. The number of nitrogens with zero attached hydrogens (tertiary/aromatic N) is 1. The van der Waals surface area contributed by atoms with Crippen molar-refractivity contribution in [2.24, 2.45) is 5.92 Å². The number of nitrogens with one attached hydrogen (secondary N) is 2. The molecule has 0 bridgehead atoms. The van der Waals surface area contributed by atoms with E-state index in [1.54, 1.807) is 7.11 Å². The van der Waals surface area contributed by atoms with Gasteiger partial charge < -0.3 is 15.0 Å². The van der Waals surface area contributed by atoms with Crippen molar-refractivity contribution in [2.45, 2.75) is 45.4 Å². The van der Waals surface area contributed by atoms with E-state index in [-0.39, 0.29) is 0 Å². The third-order valence-electron chi connectivity index (χ3n) is 6.08. The van der Waals surface area contributed by atoms with Crippen molar-refractivity contribution >= 4 is 6.41 Å². The van der Waals surface area contributed by atoms with Crippen LogP contribution in [0.2, 0.25) is 0 Å². The molecular formula is C26H33N3O2. The van der Waals surface area contributed by atoms with Gasteiger partial charge in [-0.1, -0.05) is 12.1 Å². The Bertz CT molecular complexity index is 941. The Morgan fingerprint density at radius 1 is 1.10 bits per heavy atom. The fraction of sp³-hybridized carbons (Fsp3) is 0.385. The molecule has 4 rings (SSSR count). The minimum Gasteiger partial charge on any atom is -0.497 e. The number of pyridine rings is 1. The topological polar surface area (TPSA) is 67.0 Å². The van der Waals surface area contributed by atoms with Crippen LogP contribution in [-0.4, -0.2) is 30.0 Å². The van der Waals surface area contributed by atoms with E-state index in [2.05, 4.69) is 46.5 Å². The van der Waals surface area contributed by atoms with Gasteiger partial charge in [0.05, 0.1) is 7.11 Å². The lowest BCUT2D eigenvalue weighted by Gasteiger charge is -2.28. The van der Waals surface area contributed by atoms with Crippen LogP contribution in [0.3, 0.4) is 0 Å². The van der Waals surface area contributed by atoms with Crippen molar-refractivity contribution in [3.63, 3.8) is 0 Å². The molecule has 31 heavy (non-hydrogen) atoms. The van der Waals surface area contributed by atoms with Crippen LogP contribution in [0.4, 0.5) is 0 Å². The standard InChI is InChI=1S/C14H20N2O.C12H13NO/c1-11-8-14(6-7-16-11)13-4-2-12(3-5-13)9-15-10-17;1-9-7-13-8-12(9)10-3-5-11(14-2)6-4-10/h6-8,10,12-13H,2-5,9H2,1H3,(H,15,17);3-8,13H,1-2H3. The molecule has 0 spiro atoms. The van der Waals surface area contributed by atoms with Gasteiger partial charge >= 0.3 is 0 Å². The summed E-state index contributed by atoms with van der Waals surface area (Å²) in [5.41, 5.74) is 6.25. The first-order valence-electron chi connectivity index (χ1n) is 11.0. The molecule has 1 aliphatic rings. The SMILES string of the molecule is COc1ccc(-c2c[nH]cc2C)cc1.Cc1cc(C2CCC(CNC=O)CC2)ccn1. The molecule has 1 amide bonds. The van der Waals surface area contributed by atoms with Crippen molar-refractivity contribution in [1.29, 1.82) is 0 Å². The summed E-state index contributed by atoms with van der Waals surface area (Å²) in [5, 5.41) is 2.79. The van der Waals surface area contributed by atoms with E-state index in [0.717, 1.165) is 24.4 Å². The van der Waals surface area contributed by atoms with Crippen molar-refractivity contribution < 1.29 is 9.53 Å². The molecule has 2 heterocycles. The lowest BCUT2D eigenvalue weighted by atomic mass is 9.79. The van der Waals surface area contributed by atoms with Gasteiger partial charge in [0.25, 0.3) is 0 Å². The van der Waals surface area contributed by atoms with E-state index in [1.165, 1.54) is 47.9 Å². The first-order valence-corrected chi connectivity index (χ1v) is 11.0. The molecule has 0 aliphatic heterocycles. The first kappa shape index (κ1) is 22.6. The van der Waals surface area contributed by atoms with Crippen LogP contribution >= 0.6 is 0 Å². The molecule has 3 aromatic rings. The minimum atomic E-state index is 0.666. The molecule has 1 fully saturated rings. The number of H-pyrrole nitrogens is 1. The number of aromatic nitrogens is 2. The highest BCUT2D eigenvalue weighted by Crippen LogP contribution is 2.35. The van der Waals surface area contributed by atoms with E-state index in [0.29, 0.717) is 11.8 Å². The summed E-state index contributed by atoms with van der Waals surface area (Å²) < 4.78 is 5.11. The number of aromatic amines is 1. The molecule has 164 valence electrons. The quantitative estimate of drug-likeness (QED) is 0.525. The fourth-order valence-corrected chi connectivity index (χ4v) is 4.26. The number of amides is 1. The Morgan fingerprint density at radius 2 is 1.84 bits per heavy atom. The number of benzene rings is 1. The highest BCUT2D eigenvalue weighted by atomic mass is 16.5. The van der Waals surface area contributed by atoms with E-state index >= 15 is 0 Å². The van der Waals surface area contributed by atoms with E-state index in [1.807, 2.05) is 37.6 Å². The normalized spacial score (nSPS) is 17.9. The van der Waals surface area contributed by atoms with Gasteiger partial charge in [0, 0.05) is 36.4 Å². The highest BCUT2D eigenvalue weighted by molar-refractivity contribution is 5.66. The van der Waals surface area contributed by atoms with Crippen LogP contribution < -0.4 is 10.1 Å². The molecule has 2 N–H and O–H groups in total. The van der Waals surface area contributed by atoms with Gasteiger partial charge in [-0.05, 0) is 92.3 Å². The average molecular weight is 420 g/mol. The molecule has 1 aromatic carbocycles. The van der Waals surface area contributed by atoms with Crippen molar-refractivity contribution in [3.8, 4) is 16.9 Å². The van der Waals surface area contributed by atoms with Crippen LogP contribution in [0.15, 0.2) is 55.0 Å². The molecule has 0 radical (unpaired) electrons. The third kappa shape index (κ3) is 6.45. The van der Waals surface area contributed by atoms with Crippen LogP contribution in [0.1, 0.15) is 48.4 Å². The monoisotopic (exact) mass is 419 g/mol. The second-order valence-corrected chi connectivity index (χ2v) is 8.25. The predicted molar refractivity (Wildman–Crippen MR) is 125 cm³/mol. The lowest BCUT2D eigenvalue weighted by Crippen LogP contribution is -2.25. The zero-order chi connectivity index (χ0) is 22.1. The molecule has 1 saturated carbocycles. The molecule has 2 aromatic heterocycles. The van der Waals surface area contributed by atoms with E-state index < -0.39 is 0 Å². The Balaban J connectivity index is 0.000000179. The number of carbonyl (C=O) groups is 1. The summed E-state index contributed by atoms with van der Waals surface area (Å²) in [6.45, 7) is 4.98. The second-order valence-electron chi connectivity index (χ2n) is 8.25. The molecule has 0 saturated heterocycles. The van der Waals surface area contributed by atoms with Crippen LogP contribution in [0, 0.1) is 19.8 Å². The summed E-state index contributed by atoms with van der Waals surface area (Å²) in [6, 6.07) is 12.4. The van der Waals surface area contributed by atoms with Crippen molar-refractivity contribution in [1.82, 2.24) is 15.3 Å². The summed E-state index contributed by atoms with van der Waals surface area (Å²) in [5.74, 6) is 2.24. The van der Waals surface area contributed by atoms with E-state index in [4.69, 9.17) is 4.74 Å². The summed E-state index contributed by atoms with van der Waals surface area (Å²) in [4.78, 5) is 17.6. The Hall–Kier alpha value is -3.08. The molecule has 0 unspecified atom stereocenters. The van der Waals surface area contributed by atoms with Gasteiger partial charge in [0.1, 0.15) is 5.75 Å². The predicted octanol–water partition coefficient (Wildman–Crippen LogP) is 5.41. The second kappa shape index (κ2) is 11.3. The van der Waals surface area contributed by atoms with E-state index in [9.17, 15) is 4.79 Å². The van der Waals surface area contributed by atoms with Gasteiger partial charge in [-0.15, -0.1) is 0 Å². The van der Waals surface area contributed by atoms with Gasteiger partial charge in [-0.25, -0.2) is 0 Å². The zero-order valence-electron chi connectivity index (χ0n) is 18.7. The Morgan fingerprint density at radius 3 is 2.42 bits per heavy atom. The number of ether oxygens (including phenoxy) is 1. The average Bonchev–Trinajstić information content (AvgIpc) is 3.24. The maximum Gasteiger partial charge on any atom is 0.207 e. The number of hydrogen-bond donors (Lipinski definition) is 2. The third-order valence-corrected chi connectivity index (χ3v) is 6.08. The number of methoxy groups -OCH3 is 1. The first-order chi connectivity index (χ1) is 15.1. The maximum atomic E-state index is 10.3. The van der Waals surface area contributed by atoms with Gasteiger partial charge in [-0.2, -0.15) is 0 Å². The van der Waals surface area contributed by atoms with Crippen LogP contribution in [-0.2, 0) is 4.79 Å². The maximum absolute atomic E-state index is 10.3. The minimum absolute atomic E-state index is 0.666. The highest BCUT2D eigenvalue weighted by Gasteiger charge is 2.22. The van der Waals surface area contributed by atoms with Gasteiger partial charge in [0.2, 0.25) is 6.41 Å². The smallest absolute Gasteiger partial charge is 0.207 e. The molecule has 5 heteroatoms. The van der Waals surface area contributed by atoms with Crippen LogP contribution in [0.25, 0.3) is 11.1 Å². The molecule has 5 nitrogen and oxygen atoms in total. The largest absolute Gasteiger partial charge is 0.497 e. The van der Waals surface area contributed by atoms with Crippen LogP contribution in [0.5, 0.6) is 5.75 Å². The molecular weight excluding hydrogens is 386 g/mol. The van der Waals surface area contributed by atoms with Gasteiger partial charge in [0.15, 0.2) is 0 Å². The molecule has 0 atom stereocenters. The van der Waals surface area contributed by atoms with Gasteiger partial charge in [-0.3, -0.25) is 9.78 Å². The molecule has 1 aliphatic carbocycles. The Kier molecular flexibility index (Phi) is 8.27. The summed E-state index contributed by atoms with van der Waals surface area (Å²) in [7, 11) is 1.68. The number of rotatable bonds is 6. The number of carbonyl (C=O) groups excluding carboxylic acids is 1.